The Labute approximate surface area is 121 Å². The largest absolute Gasteiger partial charge is 0.496 e. The van der Waals surface area contributed by atoms with Crippen molar-refractivity contribution in [2.45, 2.75) is 6.61 Å². The number of ether oxygens (including phenoxy) is 2. The van der Waals surface area contributed by atoms with Crippen LogP contribution in [-0.4, -0.2) is 18.0 Å². The molecular formula is C15H13NO5. The van der Waals surface area contributed by atoms with Crippen molar-refractivity contribution in [3.8, 4) is 5.75 Å². The second kappa shape index (κ2) is 6.51. The van der Waals surface area contributed by atoms with Crippen LogP contribution in [0.4, 0.5) is 5.69 Å². The topological polar surface area (TPSA) is 78.7 Å². The molecule has 0 radical (unpaired) electrons. The highest BCUT2D eigenvalue weighted by atomic mass is 16.6. The van der Waals surface area contributed by atoms with E-state index in [0.29, 0.717) is 11.3 Å². The van der Waals surface area contributed by atoms with Crippen LogP contribution < -0.4 is 4.74 Å². The third-order valence-electron chi connectivity index (χ3n) is 2.87. The fourth-order valence-electron chi connectivity index (χ4n) is 1.85. The Morgan fingerprint density at radius 3 is 2.52 bits per heavy atom. The van der Waals surface area contributed by atoms with Crippen molar-refractivity contribution < 1.29 is 19.2 Å². The van der Waals surface area contributed by atoms with Crippen molar-refractivity contribution in [3.63, 3.8) is 0 Å². The number of para-hydroxylation sites is 2. The van der Waals surface area contributed by atoms with Crippen LogP contribution in [-0.2, 0) is 11.3 Å². The van der Waals surface area contributed by atoms with E-state index in [0.717, 1.165) is 0 Å². The van der Waals surface area contributed by atoms with Crippen LogP contribution in [0.1, 0.15) is 15.9 Å². The molecule has 0 saturated carbocycles. The maximum absolute atomic E-state index is 12.0. The molecule has 6 nitrogen and oxygen atoms in total. The highest BCUT2D eigenvalue weighted by molar-refractivity contribution is 5.92. The van der Waals surface area contributed by atoms with Gasteiger partial charge < -0.3 is 9.47 Å². The summed E-state index contributed by atoms with van der Waals surface area (Å²) < 4.78 is 10.2. The Morgan fingerprint density at radius 2 is 1.81 bits per heavy atom. The summed E-state index contributed by atoms with van der Waals surface area (Å²) in [6.07, 6.45) is 0. The molecule has 0 saturated heterocycles. The standard InChI is InChI=1S/C15H13NO5/c1-20-14-9-5-3-7-12(14)15(17)21-10-11-6-2-4-8-13(11)16(18)19/h2-9H,10H2,1H3. The first-order valence-electron chi connectivity index (χ1n) is 6.16. The van der Waals surface area contributed by atoms with Gasteiger partial charge in [-0.3, -0.25) is 10.1 Å². The van der Waals surface area contributed by atoms with E-state index in [1.807, 2.05) is 0 Å². The average Bonchev–Trinajstić information content (AvgIpc) is 2.52. The Morgan fingerprint density at radius 1 is 1.14 bits per heavy atom. The highest BCUT2D eigenvalue weighted by Gasteiger charge is 2.17. The predicted octanol–water partition coefficient (Wildman–Crippen LogP) is 2.96. The molecule has 0 aliphatic heterocycles. The summed E-state index contributed by atoms with van der Waals surface area (Å²) in [5, 5.41) is 10.9. The molecule has 0 aliphatic carbocycles. The number of hydrogen-bond acceptors (Lipinski definition) is 5. The van der Waals surface area contributed by atoms with Gasteiger partial charge in [0, 0.05) is 6.07 Å². The predicted molar refractivity (Wildman–Crippen MR) is 75.2 cm³/mol. The van der Waals surface area contributed by atoms with Crippen LogP contribution in [0.5, 0.6) is 5.75 Å². The summed E-state index contributed by atoms with van der Waals surface area (Å²) in [5.74, 6) is -0.198. The maximum atomic E-state index is 12.0. The molecule has 2 rings (SSSR count). The van der Waals surface area contributed by atoms with E-state index >= 15 is 0 Å². The third kappa shape index (κ3) is 3.36. The number of hydrogen-bond donors (Lipinski definition) is 0. The Kier molecular flexibility index (Phi) is 4.50. The zero-order valence-electron chi connectivity index (χ0n) is 11.3. The van der Waals surface area contributed by atoms with Crippen LogP contribution in [0.2, 0.25) is 0 Å². The van der Waals surface area contributed by atoms with E-state index in [9.17, 15) is 14.9 Å². The number of nitro benzene ring substituents is 1. The number of nitro groups is 1. The lowest BCUT2D eigenvalue weighted by Crippen LogP contribution is -2.08. The first-order chi connectivity index (χ1) is 10.1. The number of rotatable bonds is 5. The lowest BCUT2D eigenvalue weighted by atomic mass is 10.2. The molecule has 0 amide bonds. The van der Waals surface area contributed by atoms with Crippen LogP contribution in [0.25, 0.3) is 0 Å². The molecule has 0 heterocycles. The van der Waals surface area contributed by atoms with Gasteiger partial charge in [-0.25, -0.2) is 4.79 Å². The fraction of sp³-hybridized carbons (Fsp3) is 0.133. The molecule has 2 aromatic rings. The van der Waals surface area contributed by atoms with E-state index in [1.165, 1.54) is 13.2 Å². The molecule has 0 fully saturated rings. The molecular weight excluding hydrogens is 274 g/mol. The Balaban J connectivity index is 2.13. The molecule has 6 heteroatoms. The zero-order chi connectivity index (χ0) is 15.2. The summed E-state index contributed by atoms with van der Waals surface area (Å²) in [7, 11) is 1.45. The highest BCUT2D eigenvalue weighted by Crippen LogP contribution is 2.21. The first-order valence-corrected chi connectivity index (χ1v) is 6.16. The van der Waals surface area contributed by atoms with Crippen LogP contribution in [0.3, 0.4) is 0 Å². The van der Waals surface area contributed by atoms with Gasteiger partial charge in [0.25, 0.3) is 5.69 Å². The summed E-state index contributed by atoms with van der Waals surface area (Å²) >= 11 is 0. The van der Waals surface area contributed by atoms with E-state index < -0.39 is 10.9 Å². The molecule has 0 aromatic heterocycles. The monoisotopic (exact) mass is 287 g/mol. The average molecular weight is 287 g/mol. The minimum absolute atomic E-state index is 0.0784. The molecule has 108 valence electrons. The summed E-state index contributed by atoms with van der Waals surface area (Å²) in [6, 6.07) is 12.8. The van der Waals surface area contributed by atoms with Gasteiger partial charge in [0.05, 0.1) is 17.6 Å². The number of nitrogens with zero attached hydrogens (tertiary/aromatic N) is 1. The van der Waals surface area contributed by atoms with Crippen molar-refractivity contribution in [2.24, 2.45) is 0 Å². The quantitative estimate of drug-likeness (QED) is 0.480. The first kappa shape index (κ1) is 14.5. The molecule has 0 N–H and O–H groups in total. The molecule has 2 aromatic carbocycles. The zero-order valence-corrected chi connectivity index (χ0v) is 11.3. The van der Waals surface area contributed by atoms with E-state index in [2.05, 4.69) is 0 Å². The van der Waals surface area contributed by atoms with Crippen molar-refractivity contribution >= 4 is 11.7 Å². The number of methoxy groups -OCH3 is 1. The van der Waals surface area contributed by atoms with Gasteiger partial charge in [0.2, 0.25) is 0 Å². The summed E-state index contributed by atoms with van der Waals surface area (Å²) in [5.41, 5.74) is 0.537. The lowest BCUT2D eigenvalue weighted by molar-refractivity contribution is -0.385. The normalized spacial score (nSPS) is 9.95. The minimum atomic E-state index is -0.592. The van der Waals surface area contributed by atoms with Crippen molar-refractivity contribution in [3.05, 3.63) is 69.8 Å². The molecule has 0 unspecified atom stereocenters. The molecule has 0 aliphatic rings. The van der Waals surface area contributed by atoms with Gasteiger partial charge in [-0.05, 0) is 18.2 Å². The minimum Gasteiger partial charge on any atom is -0.496 e. The van der Waals surface area contributed by atoms with Gasteiger partial charge in [-0.2, -0.15) is 0 Å². The molecule has 0 bridgehead atoms. The van der Waals surface area contributed by atoms with Gasteiger partial charge >= 0.3 is 5.97 Å². The second-order valence-corrected chi connectivity index (χ2v) is 4.16. The third-order valence-corrected chi connectivity index (χ3v) is 2.87. The van der Waals surface area contributed by atoms with Crippen molar-refractivity contribution in [1.82, 2.24) is 0 Å². The number of esters is 1. The van der Waals surface area contributed by atoms with Gasteiger partial charge in [0.1, 0.15) is 17.9 Å². The number of benzene rings is 2. The van der Waals surface area contributed by atoms with E-state index in [4.69, 9.17) is 9.47 Å². The van der Waals surface area contributed by atoms with Gasteiger partial charge in [-0.15, -0.1) is 0 Å². The summed E-state index contributed by atoms with van der Waals surface area (Å²) in [4.78, 5) is 22.4. The van der Waals surface area contributed by atoms with Crippen LogP contribution >= 0.6 is 0 Å². The number of carbonyl (C=O) groups is 1. The Hall–Kier alpha value is -2.89. The SMILES string of the molecule is COc1ccccc1C(=O)OCc1ccccc1[N+](=O)[O-]. The van der Waals surface area contributed by atoms with Gasteiger partial charge in [0.15, 0.2) is 0 Å². The summed E-state index contributed by atoms with van der Waals surface area (Å²) in [6.45, 7) is -0.173. The van der Waals surface area contributed by atoms with Crippen molar-refractivity contribution in [1.29, 1.82) is 0 Å². The molecule has 0 atom stereocenters. The van der Waals surface area contributed by atoms with Crippen LogP contribution in [0.15, 0.2) is 48.5 Å². The maximum Gasteiger partial charge on any atom is 0.342 e. The smallest absolute Gasteiger partial charge is 0.342 e. The molecule has 0 spiro atoms. The van der Waals surface area contributed by atoms with Gasteiger partial charge in [-0.1, -0.05) is 24.3 Å². The number of carbonyl (C=O) groups excluding carboxylic acids is 1. The van der Waals surface area contributed by atoms with Crippen LogP contribution in [0, 0.1) is 10.1 Å². The van der Waals surface area contributed by atoms with Crippen molar-refractivity contribution in [2.75, 3.05) is 7.11 Å². The fourth-order valence-corrected chi connectivity index (χ4v) is 1.85. The lowest BCUT2D eigenvalue weighted by Gasteiger charge is -2.08. The molecule has 21 heavy (non-hydrogen) atoms. The van der Waals surface area contributed by atoms with E-state index in [1.54, 1.807) is 42.5 Å². The Bertz CT molecular complexity index is 669. The second-order valence-electron chi connectivity index (χ2n) is 4.16. The van der Waals surface area contributed by atoms with E-state index in [-0.39, 0.29) is 17.9 Å².